The summed E-state index contributed by atoms with van der Waals surface area (Å²) in [5.41, 5.74) is -0.386. The van der Waals surface area contributed by atoms with Crippen LogP contribution >= 0.6 is 0 Å². The van der Waals surface area contributed by atoms with Crippen LogP contribution in [0.3, 0.4) is 0 Å². The lowest BCUT2D eigenvalue weighted by molar-refractivity contribution is -0.222. The van der Waals surface area contributed by atoms with Crippen LogP contribution in [0.2, 0.25) is 0 Å². The molecule has 1 aliphatic rings. The highest BCUT2D eigenvalue weighted by atomic mass is 19.3. The molecule has 5 nitrogen and oxygen atoms in total. The van der Waals surface area contributed by atoms with Gasteiger partial charge in [0.25, 0.3) is 5.91 Å². The van der Waals surface area contributed by atoms with Gasteiger partial charge >= 0.3 is 5.92 Å². The standard InChI is InChI=1S/C17H21F2N3O2/c1-22(15(23)17(18,19)16(24)9-5-10-16)11-4-8-14-20-12-6-2-3-7-13(12)21-14/h2-3,6-7,24H,4-5,8-11H2,1H3,(H,20,21). The number of rotatable bonds is 6. The van der Waals surface area contributed by atoms with Crippen molar-refractivity contribution in [3.63, 3.8) is 0 Å². The van der Waals surface area contributed by atoms with Gasteiger partial charge in [0.05, 0.1) is 11.0 Å². The summed E-state index contributed by atoms with van der Waals surface area (Å²) in [7, 11) is 1.34. The maximum Gasteiger partial charge on any atom is 0.352 e. The molecule has 1 saturated carbocycles. The Labute approximate surface area is 138 Å². The zero-order chi connectivity index (χ0) is 17.4. The molecule has 2 N–H and O–H groups in total. The van der Waals surface area contributed by atoms with Crippen LogP contribution in [0.1, 0.15) is 31.5 Å². The molecule has 1 fully saturated rings. The first-order valence-corrected chi connectivity index (χ1v) is 8.13. The van der Waals surface area contributed by atoms with Crippen LogP contribution in [-0.2, 0) is 11.2 Å². The summed E-state index contributed by atoms with van der Waals surface area (Å²) in [6.07, 6.45) is 1.53. The van der Waals surface area contributed by atoms with Crippen molar-refractivity contribution in [2.24, 2.45) is 0 Å². The Balaban J connectivity index is 1.55. The minimum absolute atomic E-state index is 0.0292. The summed E-state index contributed by atoms with van der Waals surface area (Å²) < 4.78 is 28.3. The molecular weight excluding hydrogens is 316 g/mol. The number of hydrogen-bond donors (Lipinski definition) is 2. The van der Waals surface area contributed by atoms with Crippen LogP contribution < -0.4 is 0 Å². The molecule has 1 aromatic carbocycles. The van der Waals surface area contributed by atoms with Crippen LogP contribution in [0.25, 0.3) is 11.0 Å². The maximum absolute atomic E-state index is 14.1. The van der Waals surface area contributed by atoms with E-state index in [2.05, 4.69) is 9.97 Å². The predicted molar refractivity (Wildman–Crippen MR) is 85.8 cm³/mol. The van der Waals surface area contributed by atoms with Crippen molar-refractivity contribution in [3.05, 3.63) is 30.1 Å². The van der Waals surface area contributed by atoms with Gasteiger partial charge in [0.1, 0.15) is 11.4 Å². The van der Waals surface area contributed by atoms with Gasteiger partial charge in [-0.25, -0.2) is 4.98 Å². The van der Waals surface area contributed by atoms with E-state index in [1.165, 1.54) is 7.05 Å². The van der Waals surface area contributed by atoms with E-state index in [9.17, 15) is 18.7 Å². The summed E-state index contributed by atoms with van der Waals surface area (Å²) >= 11 is 0. The van der Waals surface area contributed by atoms with Crippen molar-refractivity contribution in [3.8, 4) is 0 Å². The van der Waals surface area contributed by atoms with Crippen molar-refractivity contribution in [2.75, 3.05) is 13.6 Å². The molecule has 24 heavy (non-hydrogen) atoms. The number of imidazole rings is 1. The lowest BCUT2D eigenvalue weighted by Crippen LogP contribution is -2.60. The number of aromatic amines is 1. The van der Waals surface area contributed by atoms with Crippen molar-refractivity contribution in [1.29, 1.82) is 0 Å². The fourth-order valence-electron chi connectivity index (χ4n) is 2.97. The first-order valence-electron chi connectivity index (χ1n) is 8.13. The number of benzene rings is 1. The lowest BCUT2D eigenvalue weighted by Gasteiger charge is -2.42. The number of H-pyrrole nitrogens is 1. The third kappa shape index (κ3) is 2.88. The monoisotopic (exact) mass is 337 g/mol. The quantitative estimate of drug-likeness (QED) is 0.851. The second-order valence-electron chi connectivity index (χ2n) is 6.49. The van der Waals surface area contributed by atoms with E-state index >= 15 is 0 Å². The molecule has 0 spiro atoms. The van der Waals surface area contributed by atoms with Gasteiger partial charge in [0.15, 0.2) is 0 Å². The molecule has 1 aromatic heterocycles. The summed E-state index contributed by atoms with van der Waals surface area (Å²) in [6.45, 7) is 0.182. The molecule has 2 aromatic rings. The minimum atomic E-state index is -3.72. The van der Waals surface area contributed by atoms with Crippen molar-refractivity contribution >= 4 is 16.9 Å². The largest absolute Gasteiger partial charge is 0.383 e. The zero-order valence-corrected chi connectivity index (χ0v) is 13.6. The normalized spacial score (nSPS) is 16.8. The number of hydrogen-bond acceptors (Lipinski definition) is 3. The van der Waals surface area contributed by atoms with Crippen LogP contribution in [0.4, 0.5) is 8.78 Å². The summed E-state index contributed by atoms with van der Waals surface area (Å²) in [5, 5.41) is 9.83. The van der Waals surface area contributed by atoms with E-state index < -0.39 is 17.4 Å². The number of carbonyl (C=O) groups is 1. The van der Waals surface area contributed by atoms with Gasteiger partial charge in [-0.3, -0.25) is 4.79 Å². The molecule has 1 aliphatic carbocycles. The van der Waals surface area contributed by atoms with Crippen molar-refractivity contribution in [2.45, 2.75) is 43.6 Å². The second kappa shape index (κ2) is 6.12. The number of aliphatic hydroxyl groups is 1. The van der Waals surface area contributed by atoms with E-state index in [0.717, 1.165) is 21.8 Å². The van der Waals surface area contributed by atoms with Gasteiger partial charge in [-0.05, 0) is 37.8 Å². The molecule has 130 valence electrons. The highest BCUT2D eigenvalue weighted by Crippen LogP contribution is 2.44. The second-order valence-corrected chi connectivity index (χ2v) is 6.49. The Morgan fingerprint density at radius 1 is 1.42 bits per heavy atom. The van der Waals surface area contributed by atoms with Crippen LogP contribution in [0.5, 0.6) is 0 Å². The molecule has 0 bridgehead atoms. The van der Waals surface area contributed by atoms with E-state index in [0.29, 0.717) is 19.3 Å². The number of alkyl halides is 2. The number of aryl methyl sites for hydroxylation is 1. The third-order valence-corrected chi connectivity index (χ3v) is 4.73. The molecule has 7 heteroatoms. The van der Waals surface area contributed by atoms with Gasteiger partial charge in [0, 0.05) is 20.0 Å². The molecular formula is C17H21F2N3O2. The summed E-state index contributed by atoms with van der Waals surface area (Å²) in [4.78, 5) is 20.6. The summed E-state index contributed by atoms with van der Waals surface area (Å²) in [5.74, 6) is -4.27. The number of carbonyl (C=O) groups excluding carboxylic acids is 1. The molecule has 0 saturated heterocycles. The Kier molecular flexibility index (Phi) is 4.29. The topological polar surface area (TPSA) is 69.2 Å². The van der Waals surface area contributed by atoms with Gasteiger partial charge in [-0.15, -0.1) is 0 Å². The average molecular weight is 337 g/mol. The van der Waals surface area contributed by atoms with Gasteiger partial charge in [-0.2, -0.15) is 8.78 Å². The number of nitrogens with one attached hydrogen (secondary N) is 1. The smallest absolute Gasteiger partial charge is 0.352 e. The number of para-hydroxylation sites is 2. The predicted octanol–water partition coefficient (Wildman–Crippen LogP) is 2.50. The molecule has 0 unspecified atom stereocenters. The Hall–Kier alpha value is -2.02. The van der Waals surface area contributed by atoms with Crippen molar-refractivity contribution < 1.29 is 18.7 Å². The molecule has 1 heterocycles. The summed E-state index contributed by atoms with van der Waals surface area (Å²) in [6, 6.07) is 7.61. The highest BCUT2D eigenvalue weighted by molar-refractivity contribution is 5.85. The molecule has 0 radical (unpaired) electrons. The highest BCUT2D eigenvalue weighted by Gasteiger charge is 2.61. The lowest BCUT2D eigenvalue weighted by atomic mass is 9.75. The van der Waals surface area contributed by atoms with Crippen molar-refractivity contribution in [1.82, 2.24) is 14.9 Å². The maximum atomic E-state index is 14.1. The first kappa shape index (κ1) is 16.8. The Bertz CT molecular complexity index is 707. The minimum Gasteiger partial charge on any atom is -0.383 e. The van der Waals surface area contributed by atoms with Gasteiger partial charge in [-0.1, -0.05) is 12.1 Å². The third-order valence-electron chi connectivity index (χ3n) is 4.73. The number of nitrogens with zero attached hydrogens (tertiary/aromatic N) is 2. The van der Waals surface area contributed by atoms with E-state index in [1.807, 2.05) is 24.3 Å². The van der Waals surface area contributed by atoms with E-state index in [1.54, 1.807) is 0 Å². The van der Waals surface area contributed by atoms with E-state index in [4.69, 9.17) is 0 Å². The first-order chi connectivity index (χ1) is 11.3. The fourth-order valence-corrected chi connectivity index (χ4v) is 2.97. The van der Waals surface area contributed by atoms with Gasteiger partial charge in [0.2, 0.25) is 0 Å². The zero-order valence-electron chi connectivity index (χ0n) is 13.6. The molecule has 1 amide bonds. The number of fused-ring (bicyclic) bond motifs is 1. The SMILES string of the molecule is CN(CCCc1nc2ccccc2[nH]1)C(=O)C(F)(F)C1(O)CCC1. The van der Waals surface area contributed by atoms with E-state index in [-0.39, 0.29) is 19.4 Å². The number of halogens is 2. The van der Waals surface area contributed by atoms with Gasteiger partial charge < -0.3 is 15.0 Å². The molecule has 3 rings (SSSR count). The Morgan fingerprint density at radius 2 is 2.12 bits per heavy atom. The Morgan fingerprint density at radius 3 is 2.75 bits per heavy atom. The van der Waals surface area contributed by atoms with Crippen LogP contribution in [0, 0.1) is 0 Å². The molecule has 0 aliphatic heterocycles. The molecule has 0 atom stereocenters. The van der Waals surface area contributed by atoms with Crippen LogP contribution in [-0.4, -0.2) is 51.0 Å². The average Bonchev–Trinajstić information content (AvgIpc) is 2.94. The fraction of sp³-hybridized carbons (Fsp3) is 0.529. The van der Waals surface area contributed by atoms with Crippen LogP contribution in [0.15, 0.2) is 24.3 Å². The number of amides is 1. The number of aromatic nitrogens is 2.